The van der Waals surface area contributed by atoms with Gasteiger partial charge in [-0.3, -0.25) is 0 Å². The molecule has 138 valence electrons. The number of halogens is 1. The topological polar surface area (TPSA) is 122 Å². The van der Waals surface area contributed by atoms with Crippen LogP contribution in [-0.2, 0) is 16.1 Å². The second-order valence-electron chi connectivity index (χ2n) is 5.57. The molecule has 9 nitrogen and oxygen atoms in total. The molecule has 0 spiro atoms. The van der Waals surface area contributed by atoms with E-state index in [-0.39, 0.29) is 24.5 Å². The van der Waals surface area contributed by atoms with Crippen molar-refractivity contribution in [2.75, 3.05) is 6.61 Å². The molecule has 0 saturated heterocycles. The predicted octanol–water partition coefficient (Wildman–Crippen LogP) is 1.67. The number of nitrogens with zero attached hydrogens (tertiary/aromatic N) is 4. The van der Waals surface area contributed by atoms with E-state index in [0.717, 1.165) is 0 Å². The molecule has 2 aromatic rings. The number of esters is 1. The van der Waals surface area contributed by atoms with Gasteiger partial charge in [-0.05, 0) is 24.6 Å². The van der Waals surface area contributed by atoms with Crippen molar-refractivity contribution in [1.29, 1.82) is 5.26 Å². The Morgan fingerprint density at radius 2 is 2.15 bits per heavy atom. The van der Waals surface area contributed by atoms with Crippen LogP contribution >= 0.6 is 11.6 Å². The first-order valence-corrected chi connectivity index (χ1v) is 8.42. The Bertz CT molecular complexity index is 944. The molecule has 27 heavy (non-hydrogen) atoms. The summed E-state index contributed by atoms with van der Waals surface area (Å²) in [6.45, 7) is 1.92. The fraction of sp³-hybridized carbons (Fsp3) is 0.235. The van der Waals surface area contributed by atoms with Gasteiger partial charge in [0, 0.05) is 5.02 Å². The average Bonchev–Trinajstić information content (AvgIpc) is 3.09. The molecule has 1 aromatic carbocycles. The maximum absolute atomic E-state index is 12.6. The zero-order valence-electron chi connectivity index (χ0n) is 14.3. The number of urea groups is 1. The number of rotatable bonds is 5. The van der Waals surface area contributed by atoms with Gasteiger partial charge < -0.3 is 15.4 Å². The van der Waals surface area contributed by atoms with E-state index in [9.17, 15) is 9.59 Å². The van der Waals surface area contributed by atoms with E-state index in [4.69, 9.17) is 21.6 Å². The third kappa shape index (κ3) is 4.07. The molecule has 0 bridgehead atoms. The Hall–Kier alpha value is -3.38. The van der Waals surface area contributed by atoms with Gasteiger partial charge in [-0.2, -0.15) is 5.26 Å². The van der Waals surface area contributed by atoms with E-state index in [1.165, 1.54) is 11.0 Å². The summed E-state index contributed by atoms with van der Waals surface area (Å²) in [5.74, 6) is -0.580. The van der Waals surface area contributed by atoms with Crippen LogP contribution in [0.3, 0.4) is 0 Å². The van der Waals surface area contributed by atoms with Crippen molar-refractivity contribution >= 4 is 23.6 Å². The number of hydrogen-bond donors (Lipinski definition) is 2. The summed E-state index contributed by atoms with van der Waals surface area (Å²) in [6, 6.07) is 7.42. The lowest BCUT2D eigenvalue weighted by molar-refractivity contribution is -0.139. The summed E-state index contributed by atoms with van der Waals surface area (Å²) in [6.07, 6.45) is 1.35. The first kappa shape index (κ1) is 18.4. The molecule has 0 saturated carbocycles. The van der Waals surface area contributed by atoms with E-state index in [1.807, 2.05) is 6.07 Å². The van der Waals surface area contributed by atoms with Gasteiger partial charge in [0.25, 0.3) is 5.82 Å². The standard InChI is InChI=1S/C17H15ClN6O3/c1-2-27-16(25)14-12(8-24-9-20-13(7-19)23-24)21-17(26)22-15(14)10-3-5-11(18)6-4-10/h3-6,9,15H,2,8H2,1H3,(H2,21,22,26). The maximum Gasteiger partial charge on any atom is 0.338 e. The molecule has 0 radical (unpaired) electrons. The van der Waals surface area contributed by atoms with Crippen molar-refractivity contribution in [3.8, 4) is 6.07 Å². The molecular formula is C17H15ClN6O3. The summed E-state index contributed by atoms with van der Waals surface area (Å²) in [7, 11) is 0. The number of nitriles is 1. The molecule has 10 heteroatoms. The molecule has 1 aliphatic heterocycles. The minimum Gasteiger partial charge on any atom is -0.463 e. The van der Waals surface area contributed by atoms with Crippen LogP contribution in [-0.4, -0.2) is 33.4 Å². The van der Waals surface area contributed by atoms with Gasteiger partial charge in [0.1, 0.15) is 12.4 Å². The molecule has 1 atom stereocenters. The van der Waals surface area contributed by atoms with Crippen molar-refractivity contribution in [3.05, 3.63) is 58.3 Å². The third-order valence-electron chi connectivity index (χ3n) is 3.81. The van der Waals surface area contributed by atoms with Gasteiger partial charge in [-0.15, -0.1) is 5.10 Å². The molecule has 3 rings (SSSR count). The van der Waals surface area contributed by atoms with Crippen molar-refractivity contribution < 1.29 is 14.3 Å². The number of carbonyl (C=O) groups excluding carboxylic acids is 2. The van der Waals surface area contributed by atoms with Gasteiger partial charge in [-0.25, -0.2) is 19.3 Å². The normalized spacial score (nSPS) is 16.3. The molecule has 1 aromatic heterocycles. The Kier molecular flexibility index (Phi) is 5.38. The molecular weight excluding hydrogens is 372 g/mol. The minimum absolute atomic E-state index is 0.0113. The number of amides is 2. The molecule has 2 amide bonds. The van der Waals surface area contributed by atoms with Crippen LogP contribution in [0.15, 0.2) is 41.9 Å². The summed E-state index contributed by atoms with van der Waals surface area (Å²) in [5.41, 5.74) is 1.23. The van der Waals surface area contributed by atoms with E-state index < -0.39 is 18.0 Å². The summed E-state index contributed by atoms with van der Waals surface area (Å²) >= 11 is 5.93. The Balaban J connectivity index is 2.05. The highest BCUT2D eigenvalue weighted by atomic mass is 35.5. The largest absolute Gasteiger partial charge is 0.463 e. The van der Waals surface area contributed by atoms with Gasteiger partial charge in [0.15, 0.2) is 0 Å². The Morgan fingerprint density at radius 3 is 2.78 bits per heavy atom. The molecule has 1 aliphatic rings. The summed E-state index contributed by atoms with van der Waals surface area (Å²) in [4.78, 5) is 28.6. The average molecular weight is 387 g/mol. The van der Waals surface area contributed by atoms with E-state index in [2.05, 4.69) is 20.7 Å². The number of carbonyl (C=O) groups is 2. The van der Waals surface area contributed by atoms with Gasteiger partial charge in [0.05, 0.1) is 30.5 Å². The highest BCUT2D eigenvalue weighted by Gasteiger charge is 2.33. The Morgan fingerprint density at radius 1 is 1.41 bits per heavy atom. The quantitative estimate of drug-likeness (QED) is 0.754. The van der Waals surface area contributed by atoms with Crippen LogP contribution < -0.4 is 10.6 Å². The lowest BCUT2D eigenvalue weighted by atomic mass is 9.95. The van der Waals surface area contributed by atoms with Crippen LogP contribution in [0.5, 0.6) is 0 Å². The molecule has 0 fully saturated rings. The Labute approximate surface area is 159 Å². The van der Waals surface area contributed by atoms with Crippen molar-refractivity contribution in [3.63, 3.8) is 0 Å². The summed E-state index contributed by atoms with van der Waals surface area (Å²) < 4.78 is 6.53. The first-order chi connectivity index (χ1) is 13.0. The minimum atomic E-state index is -0.718. The predicted molar refractivity (Wildman–Crippen MR) is 94.3 cm³/mol. The molecule has 2 heterocycles. The zero-order chi connectivity index (χ0) is 19.4. The lowest BCUT2D eigenvalue weighted by Gasteiger charge is -2.29. The van der Waals surface area contributed by atoms with Crippen LogP contribution in [0.25, 0.3) is 0 Å². The maximum atomic E-state index is 12.6. The number of hydrogen-bond acceptors (Lipinski definition) is 6. The van der Waals surface area contributed by atoms with Crippen molar-refractivity contribution in [2.24, 2.45) is 0 Å². The van der Waals surface area contributed by atoms with Gasteiger partial charge >= 0.3 is 12.0 Å². The van der Waals surface area contributed by atoms with Crippen LogP contribution in [0.1, 0.15) is 24.4 Å². The van der Waals surface area contributed by atoms with E-state index in [1.54, 1.807) is 31.2 Å². The number of aromatic nitrogens is 3. The molecule has 0 aliphatic carbocycles. The highest BCUT2D eigenvalue weighted by molar-refractivity contribution is 6.30. The third-order valence-corrected chi connectivity index (χ3v) is 4.06. The number of ether oxygens (including phenoxy) is 1. The highest BCUT2D eigenvalue weighted by Crippen LogP contribution is 2.29. The monoisotopic (exact) mass is 386 g/mol. The molecule has 1 unspecified atom stereocenters. The zero-order valence-corrected chi connectivity index (χ0v) is 15.0. The van der Waals surface area contributed by atoms with Crippen LogP contribution in [0.2, 0.25) is 5.02 Å². The first-order valence-electron chi connectivity index (χ1n) is 8.04. The fourth-order valence-corrected chi connectivity index (χ4v) is 2.81. The smallest absolute Gasteiger partial charge is 0.338 e. The lowest BCUT2D eigenvalue weighted by Crippen LogP contribution is -2.46. The number of nitrogens with one attached hydrogen (secondary N) is 2. The van der Waals surface area contributed by atoms with E-state index >= 15 is 0 Å². The van der Waals surface area contributed by atoms with Crippen molar-refractivity contribution in [1.82, 2.24) is 25.4 Å². The second kappa shape index (κ2) is 7.88. The summed E-state index contributed by atoms with van der Waals surface area (Å²) in [5, 5.41) is 18.7. The van der Waals surface area contributed by atoms with E-state index in [0.29, 0.717) is 16.3 Å². The number of allylic oxidation sites excluding steroid dienone is 1. The fourth-order valence-electron chi connectivity index (χ4n) is 2.68. The number of benzene rings is 1. The van der Waals surface area contributed by atoms with Gasteiger partial charge in [0.2, 0.25) is 0 Å². The second-order valence-corrected chi connectivity index (χ2v) is 6.01. The SMILES string of the molecule is CCOC(=O)C1=C(Cn2cnc(C#N)n2)NC(=O)NC1c1ccc(Cl)cc1. The van der Waals surface area contributed by atoms with Crippen molar-refractivity contribution in [2.45, 2.75) is 19.5 Å². The van der Waals surface area contributed by atoms with Crippen LogP contribution in [0.4, 0.5) is 4.79 Å². The molecule has 2 N–H and O–H groups in total. The van der Waals surface area contributed by atoms with Crippen LogP contribution in [0, 0.1) is 11.3 Å². The van der Waals surface area contributed by atoms with Gasteiger partial charge in [-0.1, -0.05) is 23.7 Å².